The van der Waals surface area contributed by atoms with Crippen molar-refractivity contribution >= 4 is 17.6 Å². The van der Waals surface area contributed by atoms with Gasteiger partial charge in [0.2, 0.25) is 5.91 Å². The highest BCUT2D eigenvalue weighted by Gasteiger charge is 2.55. The summed E-state index contributed by atoms with van der Waals surface area (Å²) >= 11 is 0. The van der Waals surface area contributed by atoms with Crippen LogP contribution >= 0.6 is 0 Å². The van der Waals surface area contributed by atoms with Gasteiger partial charge in [-0.15, -0.1) is 0 Å². The molecule has 3 rings (SSSR count). The maximum atomic E-state index is 12.4. The Morgan fingerprint density at radius 2 is 1.78 bits per heavy atom. The highest BCUT2D eigenvalue weighted by atomic mass is 19.3. The molecule has 2 fully saturated rings. The van der Waals surface area contributed by atoms with Crippen molar-refractivity contribution in [1.29, 1.82) is 0 Å². The van der Waals surface area contributed by atoms with Crippen LogP contribution in [0.2, 0.25) is 0 Å². The number of rotatable bonds is 5. The molecule has 2 aliphatic heterocycles. The number of hydrogen-bond donors (Lipinski definition) is 2. The van der Waals surface area contributed by atoms with Crippen molar-refractivity contribution in [2.45, 2.75) is 31.7 Å². The Labute approximate surface area is 130 Å². The average Bonchev–Trinajstić information content (AvgIpc) is 3.09. The number of nitrogens with one attached hydrogen (secondary N) is 1. The summed E-state index contributed by atoms with van der Waals surface area (Å²) in [6.45, 7) is -2.92. The van der Waals surface area contributed by atoms with Gasteiger partial charge in [0.05, 0.1) is 24.0 Å². The van der Waals surface area contributed by atoms with Gasteiger partial charge in [0.15, 0.2) is 0 Å². The fourth-order valence-corrected chi connectivity index (χ4v) is 3.27. The van der Waals surface area contributed by atoms with Crippen LogP contribution in [0.15, 0.2) is 24.3 Å². The van der Waals surface area contributed by atoms with Crippen LogP contribution < -0.4 is 10.1 Å². The Morgan fingerprint density at radius 3 is 2.35 bits per heavy atom. The minimum absolute atomic E-state index is 0.0235. The van der Waals surface area contributed by atoms with E-state index in [1.54, 1.807) is 0 Å². The summed E-state index contributed by atoms with van der Waals surface area (Å²) in [5.74, 6) is -3.10. The zero-order chi connectivity index (χ0) is 16.6. The summed E-state index contributed by atoms with van der Waals surface area (Å²) in [5.41, 5.74) is 0.378. The van der Waals surface area contributed by atoms with Crippen molar-refractivity contribution in [2.24, 2.45) is 11.8 Å². The molecule has 0 radical (unpaired) electrons. The third kappa shape index (κ3) is 3.12. The lowest BCUT2D eigenvalue weighted by atomic mass is 9.78. The molecule has 1 amide bonds. The molecule has 8 heteroatoms. The standard InChI is InChI=1S/C15H15F2NO5/c16-15(17)22-8-3-1-7(2-4-8)18-13(19)11-9-5-6-10(23-9)12(11)14(20)21/h1-4,9-12,15H,5-6H2,(H,18,19)(H,20,21)/t9-,10-,11+,12+/m1/s1. The first-order valence-corrected chi connectivity index (χ1v) is 7.19. The van der Waals surface area contributed by atoms with Crippen molar-refractivity contribution in [1.82, 2.24) is 0 Å². The van der Waals surface area contributed by atoms with E-state index in [0.717, 1.165) is 0 Å². The third-order valence-corrected chi connectivity index (χ3v) is 4.21. The lowest BCUT2D eigenvalue weighted by Crippen LogP contribution is -2.40. The summed E-state index contributed by atoms with van der Waals surface area (Å²) < 4.78 is 33.9. The number of carboxylic acids is 1. The van der Waals surface area contributed by atoms with Crippen LogP contribution in [-0.4, -0.2) is 35.8 Å². The maximum Gasteiger partial charge on any atom is 0.387 e. The SMILES string of the molecule is O=C(O)[C@@H]1[C@@H](C(=O)Nc2ccc(OC(F)F)cc2)[C@H]2CC[C@H]1O2. The largest absolute Gasteiger partial charge is 0.481 e. The van der Waals surface area contributed by atoms with Crippen LogP contribution in [0.1, 0.15) is 12.8 Å². The van der Waals surface area contributed by atoms with E-state index >= 15 is 0 Å². The Hall–Kier alpha value is -2.22. The zero-order valence-electron chi connectivity index (χ0n) is 11.9. The van der Waals surface area contributed by atoms with E-state index in [4.69, 9.17) is 4.74 Å². The van der Waals surface area contributed by atoms with E-state index in [9.17, 15) is 23.5 Å². The first-order chi connectivity index (χ1) is 11.0. The van der Waals surface area contributed by atoms with E-state index < -0.39 is 36.4 Å². The van der Waals surface area contributed by atoms with Gasteiger partial charge in [0.1, 0.15) is 5.75 Å². The first-order valence-electron chi connectivity index (χ1n) is 7.19. The zero-order valence-corrected chi connectivity index (χ0v) is 11.9. The number of alkyl halides is 2. The monoisotopic (exact) mass is 327 g/mol. The number of aliphatic carboxylic acids is 1. The molecule has 23 heavy (non-hydrogen) atoms. The van der Waals surface area contributed by atoms with Crippen molar-refractivity contribution in [3.05, 3.63) is 24.3 Å². The Bertz CT molecular complexity index is 606. The number of hydrogen-bond acceptors (Lipinski definition) is 4. The molecule has 0 unspecified atom stereocenters. The van der Waals surface area contributed by atoms with Crippen LogP contribution in [-0.2, 0) is 14.3 Å². The molecule has 2 bridgehead atoms. The van der Waals surface area contributed by atoms with Crippen molar-refractivity contribution in [2.75, 3.05) is 5.32 Å². The van der Waals surface area contributed by atoms with Gasteiger partial charge in [-0.1, -0.05) is 0 Å². The Morgan fingerprint density at radius 1 is 1.17 bits per heavy atom. The summed E-state index contributed by atoms with van der Waals surface area (Å²) in [5, 5.41) is 11.9. The molecule has 2 heterocycles. The first kappa shape index (κ1) is 15.7. The number of fused-ring (bicyclic) bond motifs is 2. The quantitative estimate of drug-likeness (QED) is 0.865. The molecule has 6 nitrogen and oxygen atoms in total. The van der Waals surface area contributed by atoms with Crippen molar-refractivity contribution < 1.29 is 33.0 Å². The number of carbonyl (C=O) groups is 2. The molecule has 0 spiro atoms. The molecule has 124 valence electrons. The van der Waals surface area contributed by atoms with Gasteiger partial charge in [-0.2, -0.15) is 8.78 Å². The summed E-state index contributed by atoms with van der Waals surface area (Å²) in [6.07, 6.45) is 0.497. The molecule has 1 aromatic carbocycles. The highest BCUT2D eigenvalue weighted by molar-refractivity contribution is 5.96. The molecule has 0 aromatic heterocycles. The predicted octanol–water partition coefficient (Wildman–Crippen LogP) is 2.10. The Kier molecular flexibility index (Phi) is 4.16. The van der Waals surface area contributed by atoms with E-state index in [1.807, 2.05) is 0 Å². The van der Waals surface area contributed by atoms with Gasteiger partial charge >= 0.3 is 12.6 Å². The van der Waals surface area contributed by atoms with Gasteiger partial charge in [-0.25, -0.2) is 0 Å². The smallest absolute Gasteiger partial charge is 0.387 e. The van der Waals surface area contributed by atoms with E-state index in [-0.39, 0.29) is 11.9 Å². The number of anilines is 1. The molecular formula is C15H15F2NO5. The molecule has 0 aliphatic carbocycles. The summed E-state index contributed by atoms with van der Waals surface area (Å²) in [7, 11) is 0. The fourth-order valence-electron chi connectivity index (χ4n) is 3.27. The second-order valence-corrected chi connectivity index (χ2v) is 5.57. The Balaban J connectivity index is 1.68. The minimum Gasteiger partial charge on any atom is -0.481 e. The van der Waals surface area contributed by atoms with Crippen LogP contribution in [0.4, 0.5) is 14.5 Å². The predicted molar refractivity (Wildman–Crippen MR) is 74.2 cm³/mol. The van der Waals surface area contributed by atoms with Gasteiger partial charge in [-0.3, -0.25) is 9.59 Å². The second-order valence-electron chi connectivity index (χ2n) is 5.57. The number of carboxylic acid groups (broad SMARTS) is 1. The van der Waals surface area contributed by atoms with Crippen LogP contribution in [0.25, 0.3) is 0 Å². The van der Waals surface area contributed by atoms with Gasteiger partial charge < -0.3 is 19.9 Å². The number of halogens is 2. The third-order valence-electron chi connectivity index (χ3n) is 4.21. The molecule has 0 saturated carbocycles. The number of benzene rings is 1. The number of ether oxygens (including phenoxy) is 2. The fraction of sp³-hybridized carbons (Fsp3) is 0.467. The number of amides is 1. The van der Waals surface area contributed by atoms with Gasteiger partial charge in [0.25, 0.3) is 0 Å². The molecule has 1 aromatic rings. The molecule has 2 aliphatic rings. The van der Waals surface area contributed by atoms with Crippen molar-refractivity contribution in [3.8, 4) is 5.75 Å². The van der Waals surface area contributed by atoms with E-state index in [1.165, 1.54) is 24.3 Å². The van der Waals surface area contributed by atoms with Gasteiger partial charge in [-0.05, 0) is 37.1 Å². The van der Waals surface area contributed by atoms with Crippen LogP contribution in [0, 0.1) is 11.8 Å². The van der Waals surface area contributed by atoms with Crippen LogP contribution in [0.3, 0.4) is 0 Å². The van der Waals surface area contributed by atoms with Crippen molar-refractivity contribution in [3.63, 3.8) is 0 Å². The molecule has 2 N–H and O–H groups in total. The molecular weight excluding hydrogens is 312 g/mol. The average molecular weight is 327 g/mol. The second kappa shape index (κ2) is 6.11. The minimum atomic E-state index is -2.92. The van der Waals surface area contributed by atoms with E-state index in [0.29, 0.717) is 18.5 Å². The molecule has 2 saturated heterocycles. The topological polar surface area (TPSA) is 84.9 Å². The number of carbonyl (C=O) groups excluding carboxylic acids is 1. The van der Waals surface area contributed by atoms with Crippen LogP contribution in [0.5, 0.6) is 5.75 Å². The summed E-state index contributed by atoms with van der Waals surface area (Å²) in [6, 6.07) is 5.43. The van der Waals surface area contributed by atoms with E-state index in [2.05, 4.69) is 10.1 Å². The maximum absolute atomic E-state index is 12.4. The van der Waals surface area contributed by atoms with Gasteiger partial charge in [0, 0.05) is 5.69 Å². The lowest BCUT2D eigenvalue weighted by Gasteiger charge is -2.23. The summed E-state index contributed by atoms with van der Waals surface area (Å²) in [4.78, 5) is 23.7. The normalized spacial score (nSPS) is 28.8. The lowest BCUT2D eigenvalue weighted by molar-refractivity contribution is -0.147. The highest BCUT2D eigenvalue weighted by Crippen LogP contribution is 2.44. The molecule has 4 atom stereocenters.